The summed E-state index contributed by atoms with van der Waals surface area (Å²) >= 11 is 0. The summed E-state index contributed by atoms with van der Waals surface area (Å²) in [4.78, 5) is 38.3. The smallest absolute Gasteiger partial charge is 0.306 e. The highest BCUT2D eigenvalue weighted by atomic mass is 16.6. The van der Waals surface area contributed by atoms with Crippen molar-refractivity contribution in [2.75, 3.05) is 13.2 Å². The molecule has 0 N–H and O–H groups in total. The first-order valence-corrected chi connectivity index (χ1v) is 31.5. The van der Waals surface area contributed by atoms with E-state index >= 15 is 0 Å². The maximum Gasteiger partial charge on any atom is 0.306 e. The molecule has 6 heteroatoms. The topological polar surface area (TPSA) is 78.9 Å². The Hall–Kier alpha value is -4.97. The third kappa shape index (κ3) is 61.9. The van der Waals surface area contributed by atoms with E-state index in [1.54, 1.807) is 0 Å². The summed E-state index contributed by atoms with van der Waals surface area (Å²) in [5.41, 5.74) is 0. The molecule has 1 atom stereocenters. The van der Waals surface area contributed by atoms with Crippen molar-refractivity contribution in [3.63, 3.8) is 0 Å². The fourth-order valence-corrected chi connectivity index (χ4v) is 8.11. The Bertz CT molecular complexity index is 1760. The second-order valence-corrected chi connectivity index (χ2v) is 20.2. The van der Waals surface area contributed by atoms with Crippen molar-refractivity contribution in [2.24, 2.45) is 0 Å². The molecule has 0 fully saturated rings. The Labute approximate surface area is 480 Å². The molecular formula is C72H114O6. The number of ether oxygens (including phenoxy) is 3. The molecule has 0 spiro atoms. The monoisotopic (exact) mass is 1070 g/mol. The minimum Gasteiger partial charge on any atom is -0.462 e. The van der Waals surface area contributed by atoms with Crippen LogP contribution in [0.2, 0.25) is 0 Å². The molecule has 0 rings (SSSR count). The Kier molecular flexibility index (Phi) is 60.4. The second-order valence-electron chi connectivity index (χ2n) is 20.2. The van der Waals surface area contributed by atoms with Gasteiger partial charge in [-0.25, -0.2) is 0 Å². The van der Waals surface area contributed by atoms with Crippen molar-refractivity contribution in [1.82, 2.24) is 0 Å². The molecule has 0 aliphatic heterocycles. The number of allylic oxidation sites excluding steroid dienone is 26. The molecule has 0 bridgehead atoms. The lowest BCUT2D eigenvalue weighted by molar-refractivity contribution is -0.166. The molecule has 0 radical (unpaired) electrons. The zero-order valence-electron chi connectivity index (χ0n) is 50.1. The number of carbonyl (C=O) groups excluding carboxylic acids is 3. The van der Waals surface area contributed by atoms with Crippen LogP contribution in [-0.2, 0) is 28.6 Å². The highest BCUT2D eigenvalue weighted by molar-refractivity contribution is 5.71. The molecular weight excluding hydrogens is 961 g/mol. The predicted octanol–water partition coefficient (Wildman–Crippen LogP) is 21.7. The quantitative estimate of drug-likeness (QED) is 0.0261. The summed E-state index contributed by atoms with van der Waals surface area (Å²) < 4.78 is 16.8. The van der Waals surface area contributed by atoms with Crippen LogP contribution in [0.4, 0.5) is 0 Å². The highest BCUT2D eigenvalue weighted by Crippen LogP contribution is 2.14. The van der Waals surface area contributed by atoms with E-state index in [1.165, 1.54) is 70.6 Å². The fraction of sp³-hybridized carbons (Fsp3) is 0.597. The van der Waals surface area contributed by atoms with Crippen molar-refractivity contribution in [3.8, 4) is 0 Å². The number of esters is 3. The second kappa shape index (κ2) is 64.6. The lowest BCUT2D eigenvalue weighted by Gasteiger charge is -2.18. The number of carbonyl (C=O) groups is 3. The van der Waals surface area contributed by atoms with Gasteiger partial charge in [0.2, 0.25) is 0 Å². The predicted molar refractivity (Wildman–Crippen MR) is 338 cm³/mol. The zero-order valence-corrected chi connectivity index (χ0v) is 50.1. The molecule has 78 heavy (non-hydrogen) atoms. The Morgan fingerprint density at radius 2 is 0.526 bits per heavy atom. The third-order valence-corrected chi connectivity index (χ3v) is 12.8. The highest BCUT2D eigenvalue weighted by Gasteiger charge is 2.19. The lowest BCUT2D eigenvalue weighted by Crippen LogP contribution is -2.30. The number of hydrogen-bond acceptors (Lipinski definition) is 6. The van der Waals surface area contributed by atoms with Gasteiger partial charge in [0.25, 0.3) is 0 Å². The Morgan fingerprint density at radius 3 is 0.833 bits per heavy atom. The minimum absolute atomic E-state index is 0.122. The molecule has 0 saturated heterocycles. The van der Waals surface area contributed by atoms with Gasteiger partial charge in [0.05, 0.1) is 0 Å². The molecule has 0 heterocycles. The van der Waals surface area contributed by atoms with Crippen molar-refractivity contribution >= 4 is 17.9 Å². The van der Waals surface area contributed by atoms with E-state index in [-0.39, 0.29) is 31.6 Å². The van der Waals surface area contributed by atoms with Crippen molar-refractivity contribution in [2.45, 2.75) is 264 Å². The first-order valence-electron chi connectivity index (χ1n) is 31.5. The van der Waals surface area contributed by atoms with Crippen LogP contribution in [0.25, 0.3) is 0 Å². The maximum absolute atomic E-state index is 12.9. The van der Waals surface area contributed by atoms with Gasteiger partial charge in [0.15, 0.2) is 6.10 Å². The minimum atomic E-state index is -0.836. The van der Waals surface area contributed by atoms with Crippen LogP contribution in [-0.4, -0.2) is 37.2 Å². The van der Waals surface area contributed by atoms with E-state index in [0.717, 1.165) is 141 Å². The van der Waals surface area contributed by atoms with Gasteiger partial charge in [-0.3, -0.25) is 14.4 Å². The van der Waals surface area contributed by atoms with Crippen LogP contribution >= 0.6 is 0 Å². The number of unbranched alkanes of at least 4 members (excludes halogenated alkanes) is 18. The van der Waals surface area contributed by atoms with Gasteiger partial charge >= 0.3 is 17.9 Å². The number of hydrogen-bond donors (Lipinski definition) is 0. The Balaban J connectivity index is 4.51. The van der Waals surface area contributed by atoms with Crippen molar-refractivity contribution in [3.05, 3.63) is 158 Å². The molecule has 0 aliphatic carbocycles. The molecule has 0 amide bonds. The van der Waals surface area contributed by atoms with Gasteiger partial charge in [-0.2, -0.15) is 0 Å². The summed E-state index contributed by atoms with van der Waals surface area (Å²) in [7, 11) is 0. The summed E-state index contributed by atoms with van der Waals surface area (Å²) in [5, 5.41) is 0. The standard InChI is InChI=1S/C72H114O6/c1-4-7-10-13-16-19-22-25-28-31-33-34-35-36-37-38-40-41-44-47-50-53-56-59-62-65-71(74)77-68-69(67-76-70(73)64-61-58-55-52-49-46-43-30-27-24-21-18-15-12-9-6-3)78-72(75)66-63-60-57-54-51-48-45-42-39-32-29-26-23-20-17-14-11-8-5-2/h7-8,10-11,16-17,19-21,24-26,28-30,33-34,36-37,39,42-43,48,51,57,60,69H,4-6,9,12-15,18,22-23,27,31-32,35,38,40-41,44-47,49-50,52-56,58-59,61-68H2,1-3H3/b10-7-,11-8-,19-16-,20-17-,24-21-,28-25-,29-26-,34-33-,37-36-,42-39-,43-30-,51-48-,60-57-. The van der Waals surface area contributed by atoms with Gasteiger partial charge < -0.3 is 14.2 Å². The average molecular weight is 1080 g/mol. The lowest BCUT2D eigenvalue weighted by atomic mass is 10.1. The van der Waals surface area contributed by atoms with Crippen molar-refractivity contribution < 1.29 is 28.6 Å². The summed E-state index contributed by atoms with van der Waals surface area (Å²) in [6.07, 6.45) is 93.9. The fourth-order valence-electron chi connectivity index (χ4n) is 8.11. The van der Waals surface area contributed by atoms with Gasteiger partial charge in [-0.05, 0) is 135 Å². The van der Waals surface area contributed by atoms with E-state index in [1.807, 2.05) is 12.2 Å². The van der Waals surface area contributed by atoms with E-state index in [0.29, 0.717) is 19.3 Å². The van der Waals surface area contributed by atoms with E-state index in [9.17, 15) is 14.4 Å². The van der Waals surface area contributed by atoms with Crippen LogP contribution in [0.1, 0.15) is 258 Å². The molecule has 0 aromatic rings. The van der Waals surface area contributed by atoms with Gasteiger partial charge in [-0.15, -0.1) is 0 Å². The molecule has 0 aromatic carbocycles. The van der Waals surface area contributed by atoms with Crippen LogP contribution in [0.3, 0.4) is 0 Å². The van der Waals surface area contributed by atoms with Gasteiger partial charge in [-0.1, -0.05) is 262 Å². The number of rotatable bonds is 55. The van der Waals surface area contributed by atoms with Crippen LogP contribution in [0, 0.1) is 0 Å². The molecule has 0 aliphatic rings. The van der Waals surface area contributed by atoms with Crippen molar-refractivity contribution in [1.29, 1.82) is 0 Å². The van der Waals surface area contributed by atoms with Crippen LogP contribution in [0.5, 0.6) is 0 Å². The summed E-state index contributed by atoms with van der Waals surface area (Å²) in [6, 6.07) is 0. The summed E-state index contributed by atoms with van der Waals surface area (Å²) in [6.45, 7) is 6.31. The SMILES string of the molecule is CC/C=C\C/C=C\C/C=C\C/C=C\C/C=C\C/C=C\CCC(=O)OC(COC(=O)CCCCCCC/C=C\C/C=C\CCCCCC)COC(=O)CCCCCCCCCCC/C=C\C/C=C\C/C=C\C/C=C\C/C=C\CC. The molecule has 0 aromatic heterocycles. The molecule has 438 valence electrons. The average Bonchev–Trinajstić information content (AvgIpc) is 3.44. The molecule has 1 unspecified atom stereocenters. The first-order chi connectivity index (χ1) is 38.5. The molecule has 0 saturated carbocycles. The van der Waals surface area contributed by atoms with E-state index in [4.69, 9.17) is 14.2 Å². The summed E-state index contributed by atoms with van der Waals surface area (Å²) in [5.74, 6) is -1.03. The van der Waals surface area contributed by atoms with E-state index < -0.39 is 12.1 Å². The van der Waals surface area contributed by atoms with E-state index in [2.05, 4.69) is 167 Å². The third-order valence-electron chi connectivity index (χ3n) is 12.8. The van der Waals surface area contributed by atoms with Crippen LogP contribution in [0.15, 0.2) is 158 Å². The van der Waals surface area contributed by atoms with Crippen LogP contribution < -0.4 is 0 Å². The normalized spacial score (nSPS) is 13.2. The Morgan fingerprint density at radius 1 is 0.269 bits per heavy atom. The maximum atomic E-state index is 12.9. The largest absolute Gasteiger partial charge is 0.462 e. The molecule has 6 nitrogen and oxygen atoms in total. The van der Waals surface area contributed by atoms with Gasteiger partial charge in [0.1, 0.15) is 13.2 Å². The van der Waals surface area contributed by atoms with Gasteiger partial charge in [0, 0.05) is 19.3 Å². The zero-order chi connectivity index (χ0) is 56.4. The first kappa shape index (κ1) is 73.0.